The predicted molar refractivity (Wildman–Crippen MR) is 104 cm³/mol. The maximum absolute atomic E-state index is 8.99. The van der Waals surface area contributed by atoms with E-state index in [0.29, 0.717) is 10.2 Å². The number of rotatable bonds is 4. The van der Waals surface area contributed by atoms with Gasteiger partial charge in [-0.2, -0.15) is 0 Å². The van der Waals surface area contributed by atoms with Crippen molar-refractivity contribution >= 4 is 24.0 Å². The monoisotopic (exact) mass is 505 g/mol. The summed E-state index contributed by atoms with van der Waals surface area (Å²) in [6.45, 7) is 5.43. The minimum atomic E-state index is -1.43. The molecule has 1 atom stereocenters. The van der Waals surface area contributed by atoms with Crippen LogP contribution >= 0.6 is 0 Å². The largest absolute Gasteiger partial charge is 1.00 e. The number of hydrogen-bond donors (Lipinski definition) is 1. The van der Waals surface area contributed by atoms with Crippen molar-refractivity contribution in [2.45, 2.75) is 23.1 Å². The van der Waals surface area contributed by atoms with Crippen LogP contribution in [0.1, 0.15) is 26.7 Å². The van der Waals surface area contributed by atoms with Crippen molar-refractivity contribution in [1.29, 1.82) is 0 Å². The van der Waals surface area contributed by atoms with Gasteiger partial charge >= 0.3 is 171 Å². The molecule has 2 aliphatic carbocycles. The van der Waals surface area contributed by atoms with Crippen molar-refractivity contribution in [3.8, 4) is 11.1 Å². The van der Waals surface area contributed by atoms with Gasteiger partial charge in [0.2, 0.25) is 0 Å². The van der Waals surface area contributed by atoms with E-state index in [0.717, 1.165) is 12.2 Å². The SMILES string of the molecule is C[Si]1(C)c2c(C3=CC(OCCO)=CC3)cc3c(c21)[CH]([Zr+2])c1ccccc1-3.[Cl-].[Cl-]. The third-order valence-corrected chi connectivity index (χ3v) is 10.7. The molecule has 1 N–H and O–H groups in total. The van der Waals surface area contributed by atoms with Gasteiger partial charge in [-0.1, -0.05) is 0 Å². The second-order valence-electron chi connectivity index (χ2n) is 7.83. The zero-order valence-electron chi connectivity index (χ0n) is 15.9. The minimum absolute atomic E-state index is 0. The van der Waals surface area contributed by atoms with Crippen LogP contribution in [0.5, 0.6) is 0 Å². The third-order valence-electron chi connectivity index (χ3n) is 5.95. The Labute approximate surface area is 194 Å². The molecule has 0 radical (unpaired) electrons. The Balaban J connectivity index is 0.00000112. The van der Waals surface area contributed by atoms with Crippen LogP contribution in [0.25, 0.3) is 16.7 Å². The molecule has 2 aromatic rings. The molecule has 2 nitrogen and oxygen atoms in total. The zero-order chi connectivity index (χ0) is 18.1. The first-order valence-corrected chi connectivity index (χ1v) is 13.6. The molecule has 1 heterocycles. The Morgan fingerprint density at radius 1 is 1.11 bits per heavy atom. The van der Waals surface area contributed by atoms with Gasteiger partial charge in [0.15, 0.2) is 0 Å². The molecule has 0 saturated heterocycles. The van der Waals surface area contributed by atoms with Gasteiger partial charge in [0, 0.05) is 0 Å². The number of benzene rings is 2. The van der Waals surface area contributed by atoms with Crippen LogP contribution in [-0.2, 0) is 29.5 Å². The quantitative estimate of drug-likeness (QED) is 0.451. The molecule has 2 aromatic carbocycles. The molecule has 143 valence electrons. The number of ether oxygens (including phenoxy) is 1. The molecule has 1 unspecified atom stereocenters. The minimum Gasteiger partial charge on any atom is -1.00 e. The molecule has 5 rings (SSSR count). The van der Waals surface area contributed by atoms with Crippen molar-refractivity contribution in [2.75, 3.05) is 13.2 Å². The number of aliphatic hydroxyl groups is 1. The summed E-state index contributed by atoms with van der Waals surface area (Å²) in [5, 5.41) is 12.4. The first kappa shape index (κ1) is 22.1. The molecule has 0 fully saturated rings. The summed E-state index contributed by atoms with van der Waals surface area (Å²) in [6, 6.07) is 11.4. The van der Waals surface area contributed by atoms with Gasteiger partial charge in [0.05, 0.1) is 0 Å². The molecular weight excluding hydrogens is 486 g/mol. The molecule has 0 aromatic heterocycles. The Bertz CT molecular complexity index is 1010. The van der Waals surface area contributed by atoms with Crippen LogP contribution in [0, 0.1) is 0 Å². The molecule has 28 heavy (non-hydrogen) atoms. The topological polar surface area (TPSA) is 29.5 Å². The Hall–Kier alpha value is -0.640. The summed E-state index contributed by atoms with van der Waals surface area (Å²) in [6.07, 6.45) is 5.25. The molecule has 0 amide bonds. The van der Waals surface area contributed by atoms with Gasteiger partial charge in [0.1, 0.15) is 0 Å². The molecule has 0 spiro atoms. The fourth-order valence-corrected chi connectivity index (χ4v) is 10.2. The van der Waals surface area contributed by atoms with Crippen molar-refractivity contribution in [1.82, 2.24) is 0 Å². The summed E-state index contributed by atoms with van der Waals surface area (Å²) in [5.41, 5.74) is 8.90. The molecular formula is C22H21Cl2O2SiZr. The fourth-order valence-electron chi connectivity index (χ4n) is 4.72. The maximum atomic E-state index is 8.99. The van der Waals surface area contributed by atoms with Crippen molar-refractivity contribution in [2.24, 2.45) is 0 Å². The predicted octanol–water partition coefficient (Wildman–Crippen LogP) is -2.87. The fraction of sp³-hybridized carbons (Fsp3) is 0.273. The summed E-state index contributed by atoms with van der Waals surface area (Å²) < 4.78 is 6.23. The van der Waals surface area contributed by atoms with Gasteiger partial charge in [0.25, 0.3) is 0 Å². The second kappa shape index (κ2) is 7.89. The summed E-state index contributed by atoms with van der Waals surface area (Å²) in [7, 11) is -1.43. The molecule has 6 heteroatoms. The van der Waals surface area contributed by atoms with Crippen molar-refractivity contribution < 1.29 is 59.4 Å². The van der Waals surface area contributed by atoms with Gasteiger partial charge in [-0.15, -0.1) is 0 Å². The first-order chi connectivity index (χ1) is 12.5. The van der Waals surface area contributed by atoms with E-state index < -0.39 is 8.07 Å². The molecule has 0 saturated carbocycles. The number of fused-ring (bicyclic) bond motifs is 5. The van der Waals surface area contributed by atoms with E-state index in [2.05, 4.69) is 55.6 Å². The molecule has 3 aliphatic rings. The summed E-state index contributed by atoms with van der Waals surface area (Å²) in [5.74, 6) is 0.905. The number of allylic oxidation sites excluding steroid dienone is 3. The van der Waals surface area contributed by atoms with E-state index in [1.54, 1.807) is 40.7 Å². The van der Waals surface area contributed by atoms with Gasteiger partial charge in [-0.3, -0.25) is 0 Å². The normalized spacial score (nSPS) is 19.4. The van der Waals surface area contributed by atoms with E-state index in [9.17, 15) is 0 Å². The number of halogens is 2. The van der Waals surface area contributed by atoms with Crippen LogP contribution in [0.2, 0.25) is 13.1 Å². The smallest absolute Gasteiger partial charge is 1.00 e. The molecule has 1 aliphatic heterocycles. The Morgan fingerprint density at radius 2 is 1.86 bits per heavy atom. The van der Waals surface area contributed by atoms with E-state index in [1.165, 1.54) is 27.8 Å². The van der Waals surface area contributed by atoms with Crippen LogP contribution in [-0.4, -0.2) is 26.4 Å². The number of aliphatic hydroxyl groups excluding tert-OH is 1. The zero-order valence-corrected chi connectivity index (χ0v) is 20.8. The first-order valence-electron chi connectivity index (χ1n) is 9.21. The van der Waals surface area contributed by atoms with Gasteiger partial charge < -0.3 is 24.8 Å². The van der Waals surface area contributed by atoms with E-state index in [1.807, 2.05) is 0 Å². The molecule has 0 bridgehead atoms. The van der Waals surface area contributed by atoms with Crippen LogP contribution in [0.3, 0.4) is 0 Å². The van der Waals surface area contributed by atoms with Gasteiger partial charge in [-0.25, -0.2) is 0 Å². The third kappa shape index (κ3) is 3.13. The van der Waals surface area contributed by atoms with E-state index in [4.69, 9.17) is 9.84 Å². The average Bonchev–Trinajstić information content (AvgIpc) is 2.98. The van der Waals surface area contributed by atoms with Crippen LogP contribution in [0.15, 0.2) is 48.2 Å². The van der Waals surface area contributed by atoms with Crippen LogP contribution in [0.4, 0.5) is 0 Å². The second-order valence-corrected chi connectivity index (χ2v) is 13.5. The van der Waals surface area contributed by atoms with Crippen molar-refractivity contribution in [3.63, 3.8) is 0 Å². The summed E-state index contributed by atoms with van der Waals surface area (Å²) >= 11 is 1.60. The van der Waals surface area contributed by atoms with Gasteiger partial charge in [-0.05, 0) is 0 Å². The summed E-state index contributed by atoms with van der Waals surface area (Å²) in [4.78, 5) is 0. The average molecular weight is 508 g/mol. The van der Waals surface area contributed by atoms with E-state index >= 15 is 0 Å². The Kier molecular flexibility index (Phi) is 6.21. The standard InChI is InChI=1S/C22H21O2Si.2ClH.Zr/c1-25(2)21-18(15-7-8-16(11-15)24-10-9-23)13-19-17-6-4-3-5-14(17)12-20(19)22(21)25;;;/h3-6,8,11-13,23H,7,9-10H2,1-2H3;2*1H;/q;;;+2/p-2. The van der Waals surface area contributed by atoms with E-state index in [-0.39, 0.29) is 31.4 Å². The maximum Gasteiger partial charge on any atom is -1.00 e. The van der Waals surface area contributed by atoms with Crippen molar-refractivity contribution in [3.05, 3.63) is 64.9 Å². The Morgan fingerprint density at radius 3 is 2.61 bits per heavy atom. The number of hydrogen-bond acceptors (Lipinski definition) is 2. The van der Waals surface area contributed by atoms with Crippen LogP contribution < -0.4 is 35.2 Å².